The molecule has 5 nitrogen and oxygen atoms in total. The van der Waals surface area contributed by atoms with E-state index < -0.39 is 10.0 Å². The summed E-state index contributed by atoms with van der Waals surface area (Å²) >= 11 is 1.36. The van der Waals surface area contributed by atoms with Gasteiger partial charge >= 0.3 is 0 Å². The molecule has 1 aromatic rings. The van der Waals surface area contributed by atoms with Crippen LogP contribution < -0.4 is 10.0 Å². The second kappa shape index (κ2) is 5.26. The van der Waals surface area contributed by atoms with Crippen molar-refractivity contribution >= 4 is 26.4 Å². The van der Waals surface area contributed by atoms with Crippen molar-refractivity contribution in [1.29, 1.82) is 5.26 Å². The maximum atomic E-state index is 11.8. The molecule has 0 aliphatic carbocycles. The first-order chi connectivity index (χ1) is 8.57. The van der Waals surface area contributed by atoms with Crippen molar-refractivity contribution in [2.75, 3.05) is 17.0 Å². The fraction of sp³-hybridized carbons (Fsp3) is 0.545. The van der Waals surface area contributed by atoms with E-state index in [9.17, 15) is 13.7 Å². The Labute approximate surface area is 111 Å². The van der Waals surface area contributed by atoms with Crippen LogP contribution in [0.5, 0.6) is 0 Å². The van der Waals surface area contributed by atoms with E-state index in [1.807, 2.05) is 6.92 Å². The van der Waals surface area contributed by atoms with Gasteiger partial charge in [-0.2, -0.15) is 5.26 Å². The number of nitrogens with zero attached hydrogens (tertiary/aromatic N) is 1. The molecule has 18 heavy (non-hydrogen) atoms. The maximum Gasteiger partial charge on any atom is 0.233 e. The highest BCUT2D eigenvalue weighted by atomic mass is 32.2. The molecule has 0 spiro atoms. The highest BCUT2D eigenvalue weighted by Crippen LogP contribution is 2.35. The van der Waals surface area contributed by atoms with Gasteiger partial charge in [0, 0.05) is 11.4 Å². The van der Waals surface area contributed by atoms with Gasteiger partial charge < -0.3 is 5.32 Å². The van der Waals surface area contributed by atoms with E-state index in [-0.39, 0.29) is 5.75 Å². The van der Waals surface area contributed by atoms with Gasteiger partial charge in [0.2, 0.25) is 10.0 Å². The fourth-order valence-corrected chi connectivity index (χ4v) is 4.58. The number of thiophene rings is 1. The van der Waals surface area contributed by atoms with E-state index in [0.29, 0.717) is 23.5 Å². The lowest BCUT2D eigenvalue weighted by atomic mass is 10.1. The first kappa shape index (κ1) is 13.3. The molecule has 0 bridgehead atoms. The van der Waals surface area contributed by atoms with Crippen molar-refractivity contribution in [2.24, 2.45) is 0 Å². The molecule has 98 valence electrons. The monoisotopic (exact) mass is 285 g/mol. The molecule has 0 atom stereocenters. The topological polar surface area (TPSA) is 82.0 Å². The van der Waals surface area contributed by atoms with Gasteiger partial charge in [-0.15, -0.1) is 11.3 Å². The summed E-state index contributed by atoms with van der Waals surface area (Å²) in [4.78, 5) is 1.06. The predicted molar refractivity (Wildman–Crippen MR) is 72.1 cm³/mol. The molecule has 0 fully saturated rings. The first-order valence-corrected chi connectivity index (χ1v) is 8.30. The summed E-state index contributed by atoms with van der Waals surface area (Å²) in [5.41, 5.74) is 1.49. The van der Waals surface area contributed by atoms with Gasteiger partial charge in [0.25, 0.3) is 0 Å². The Morgan fingerprint density at radius 3 is 3.00 bits per heavy atom. The molecule has 7 heteroatoms. The third-order valence-electron chi connectivity index (χ3n) is 2.76. The second-order valence-electron chi connectivity index (χ2n) is 4.17. The zero-order chi connectivity index (χ0) is 13.2. The Bertz CT molecular complexity index is 584. The van der Waals surface area contributed by atoms with Crippen molar-refractivity contribution in [3.63, 3.8) is 0 Å². The number of rotatable bonds is 4. The Morgan fingerprint density at radius 2 is 2.33 bits per heavy atom. The minimum Gasteiger partial charge on any atom is -0.312 e. The molecule has 1 aliphatic rings. The summed E-state index contributed by atoms with van der Waals surface area (Å²) in [6.45, 7) is 3.36. The van der Waals surface area contributed by atoms with Gasteiger partial charge in [-0.1, -0.05) is 6.92 Å². The van der Waals surface area contributed by atoms with Gasteiger partial charge in [-0.25, -0.2) is 8.42 Å². The molecule has 2 N–H and O–H groups in total. The molecule has 0 radical (unpaired) electrons. The van der Waals surface area contributed by atoms with Crippen LogP contribution in [-0.2, 0) is 23.0 Å². The van der Waals surface area contributed by atoms with Crippen LogP contribution in [0, 0.1) is 11.3 Å². The quantitative estimate of drug-likeness (QED) is 0.876. The predicted octanol–water partition coefficient (Wildman–Crippen LogP) is 1.42. The number of hydrogen-bond donors (Lipinski definition) is 2. The van der Waals surface area contributed by atoms with E-state index >= 15 is 0 Å². The summed E-state index contributed by atoms with van der Waals surface area (Å²) in [6, 6.07) is 2.12. The number of nitrogens with one attached hydrogen (secondary N) is 2. The minimum atomic E-state index is -3.33. The third-order valence-corrected chi connectivity index (χ3v) is 5.50. The van der Waals surface area contributed by atoms with Crippen LogP contribution >= 0.6 is 11.3 Å². The molecular weight excluding hydrogens is 270 g/mol. The SMILES string of the molecule is CCCS(=O)(=O)Nc1sc2c(c1C#N)CCNC2. The van der Waals surface area contributed by atoms with Gasteiger partial charge in [0.15, 0.2) is 0 Å². The number of fused-ring (bicyclic) bond motifs is 1. The third kappa shape index (κ3) is 2.66. The van der Waals surface area contributed by atoms with Crippen LogP contribution in [0.4, 0.5) is 5.00 Å². The summed E-state index contributed by atoms with van der Waals surface area (Å²) in [5, 5.41) is 12.9. The number of anilines is 1. The van der Waals surface area contributed by atoms with Crippen molar-refractivity contribution in [2.45, 2.75) is 26.3 Å². The van der Waals surface area contributed by atoms with Crippen LogP contribution in [0.3, 0.4) is 0 Å². The molecule has 0 saturated carbocycles. The normalized spacial score (nSPS) is 14.9. The van der Waals surface area contributed by atoms with E-state index in [2.05, 4.69) is 16.1 Å². The van der Waals surface area contributed by atoms with Crippen LogP contribution in [0.2, 0.25) is 0 Å². The van der Waals surface area contributed by atoms with E-state index in [4.69, 9.17) is 0 Å². The Hall–Kier alpha value is -1.10. The van der Waals surface area contributed by atoms with Gasteiger partial charge in [0.05, 0.1) is 11.3 Å². The average Bonchev–Trinajstić information content (AvgIpc) is 2.64. The smallest absolute Gasteiger partial charge is 0.233 e. The minimum absolute atomic E-state index is 0.0820. The Balaban J connectivity index is 2.35. The molecule has 2 rings (SSSR count). The summed E-state index contributed by atoms with van der Waals surface area (Å²) in [7, 11) is -3.33. The van der Waals surface area contributed by atoms with Crippen LogP contribution in [0.1, 0.15) is 29.3 Å². The lowest BCUT2D eigenvalue weighted by molar-refractivity contribution is 0.600. The number of hydrogen-bond acceptors (Lipinski definition) is 5. The number of sulfonamides is 1. The lowest BCUT2D eigenvalue weighted by Gasteiger charge is -2.11. The van der Waals surface area contributed by atoms with Gasteiger partial charge in [-0.05, 0) is 24.9 Å². The van der Waals surface area contributed by atoms with Gasteiger partial charge in [0.1, 0.15) is 11.1 Å². The molecule has 1 aromatic heterocycles. The van der Waals surface area contributed by atoms with Crippen molar-refractivity contribution in [1.82, 2.24) is 5.32 Å². The Kier molecular flexibility index (Phi) is 3.90. The fourth-order valence-electron chi connectivity index (χ4n) is 1.99. The van der Waals surface area contributed by atoms with Crippen LogP contribution in [0.15, 0.2) is 0 Å². The Morgan fingerprint density at radius 1 is 1.56 bits per heavy atom. The molecule has 0 aromatic carbocycles. The van der Waals surface area contributed by atoms with Crippen LogP contribution in [0.25, 0.3) is 0 Å². The highest BCUT2D eigenvalue weighted by molar-refractivity contribution is 7.92. The van der Waals surface area contributed by atoms with E-state index in [0.717, 1.165) is 23.4 Å². The standard InChI is InChI=1S/C11H15N3O2S2/c1-2-5-18(15,16)14-11-9(6-12)8-3-4-13-7-10(8)17-11/h13-14H,2-5,7H2,1H3. The van der Waals surface area contributed by atoms with Crippen LogP contribution in [-0.4, -0.2) is 20.7 Å². The lowest BCUT2D eigenvalue weighted by Crippen LogP contribution is -2.22. The molecule has 0 unspecified atom stereocenters. The molecular formula is C11H15N3O2S2. The molecule has 0 saturated heterocycles. The molecule has 0 amide bonds. The summed E-state index contributed by atoms with van der Waals surface area (Å²) < 4.78 is 26.0. The average molecular weight is 285 g/mol. The molecule has 1 aliphatic heterocycles. The van der Waals surface area contributed by atoms with Crippen molar-refractivity contribution in [3.8, 4) is 6.07 Å². The van der Waals surface area contributed by atoms with E-state index in [1.165, 1.54) is 11.3 Å². The largest absolute Gasteiger partial charge is 0.312 e. The van der Waals surface area contributed by atoms with Gasteiger partial charge in [-0.3, -0.25) is 4.72 Å². The molecule has 2 heterocycles. The summed E-state index contributed by atoms with van der Waals surface area (Å²) in [5.74, 6) is 0.0820. The zero-order valence-corrected chi connectivity index (χ0v) is 11.7. The zero-order valence-electron chi connectivity index (χ0n) is 10.1. The summed E-state index contributed by atoms with van der Waals surface area (Å²) in [6.07, 6.45) is 1.34. The second-order valence-corrected chi connectivity index (χ2v) is 7.11. The van der Waals surface area contributed by atoms with Crippen molar-refractivity contribution in [3.05, 3.63) is 16.0 Å². The first-order valence-electron chi connectivity index (χ1n) is 5.83. The maximum absolute atomic E-state index is 11.8. The van der Waals surface area contributed by atoms with E-state index in [1.54, 1.807) is 0 Å². The highest BCUT2D eigenvalue weighted by Gasteiger charge is 2.22. The van der Waals surface area contributed by atoms with Crippen molar-refractivity contribution < 1.29 is 8.42 Å². The number of nitriles is 1.